The van der Waals surface area contributed by atoms with Crippen LogP contribution in [0.2, 0.25) is 0 Å². The quantitative estimate of drug-likeness (QED) is 0.617. The largest absolute Gasteiger partial charge is 0.496 e. The minimum Gasteiger partial charge on any atom is -0.496 e. The number of para-hydroxylation sites is 1. The SMILES string of the molecule is COc1ccccc1/C=N/OCc1ccccc1C#N. The molecule has 2 aromatic carbocycles. The minimum atomic E-state index is 0.259. The summed E-state index contributed by atoms with van der Waals surface area (Å²) in [5, 5.41) is 12.9. The van der Waals surface area contributed by atoms with E-state index < -0.39 is 0 Å². The highest BCUT2D eigenvalue weighted by molar-refractivity contribution is 5.82. The molecule has 4 heteroatoms. The zero-order valence-corrected chi connectivity index (χ0v) is 11.1. The number of hydrogen-bond donors (Lipinski definition) is 0. The summed E-state index contributed by atoms with van der Waals surface area (Å²) in [7, 11) is 1.61. The van der Waals surface area contributed by atoms with Crippen LogP contribution in [-0.4, -0.2) is 13.3 Å². The van der Waals surface area contributed by atoms with Crippen LogP contribution in [0, 0.1) is 11.3 Å². The van der Waals surface area contributed by atoms with E-state index in [2.05, 4.69) is 11.2 Å². The zero-order chi connectivity index (χ0) is 14.2. The Bertz CT molecular complexity index is 645. The van der Waals surface area contributed by atoms with E-state index in [1.807, 2.05) is 42.5 Å². The fourth-order valence-electron chi connectivity index (χ4n) is 1.73. The molecule has 0 fully saturated rings. The molecule has 0 atom stereocenters. The summed E-state index contributed by atoms with van der Waals surface area (Å²) in [5.41, 5.74) is 2.25. The monoisotopic (exact) mass is 266 g/mol. The lowest BCUT2D eigenvalue weighted by molar-refractivity contribution is 0.132. The highest BCUT2D eigenvalue weighted by Crippen LogP contribution is 2.15. The van der Waals surface area contributed by atoms with Crippen LogP contribution in [-0.2, 0) is 11.4 Å². The number of rotatable bonds is 5. The van der Waals surface area contributed by atoms with E-state index in [1.165, 1.54) is 0 Å². The van der Waals surface area contributed by atoms with Gasteiger partial charge >= 0.3 is 0 Å². The van der Waals surface area contributed by atoms with Crippen molar-refractivity contribution in [2.45, 2.75) is 6.61 Å². The molecule has 2 rings (SSSR count). The van der Waals surface area contributed by atoms with Crippen LogP contribution in [0.5, 0.6) is 5.75 Å². The molecule has 100 valence electrons. The molecule has 0 aliphatic carbocycles. The van der Waals surface area contributed by atoms with Crippen molar-refractivity contribution in [1.29, 1.82) is 5.26 Å². The molecule has 0 spiro atoms. The predicted molar refractivity (Wildman–Crippen MR) is 76.5 cm³/mol. The minimum absolute atomic E-state index is 0.259. The van der Waals surface area contributed by atoms with E-state index in [1.54, 1.807) is 19.4 Å². The van der Waals surface area contributed by atoms with Crippen molar-refractivity contribution in [1.82, 2.24) is 0 Å². The fourth-order valence-corrected chi connectivity index (χ4v) is 1.73. The highest BCUT2D eigenvalue weighted by atomic mass is 16.6. The standard InChI is InChI=1S/C16H14N2O2/c1-19-16-9-5-4-7-14(16)11-18-20-12-15-8-3-2-6-13(15)10-17/h2-9,11H,12H2,1H3/b18-11+. The summed E-state index contributed by atoms with van der Waals surface area (Å²) in [4.78, 5) is 5.23. The normalized spacial score (nSPS) is 10.2. The number of nitriles is 1. The zero-order valence-electron chi connectivity index (χ0n) is 11.1. The second-order valence-electron chi connectivity index (χ2n) is 4.02. The van der Waals surface area contributed by atoms with Crippen molar-refractivity contribution in [3.63, 3.8) is 0 Å². The highest BCUT2D eigenvalue weighted by Gasteiger charge is 2.01. The number of methoxy groups -OCH3 is 1. The Kier molecular flexibility index (Phi) is 4.74. The third-order valence-electron chi connectivity index (χ3n) is 2.76. The molecule has 0 N–H and O–H groups in total. The average molecular weight is 266 g/mol. The number of nitrogens with zero attached hydrogens (tertiary/aromatic N) is 2. The van der Waals surface area contributed by atoms with Gasteiger partial charge in [-0.15, -0.1) is 0 Å². The Morgan fingerprint density at radius 1 is 1.15 bits per heavy atom. The van der Waals surface area contributed by atoms with Crippen LogP contribution in [0.1, 0.15) is 16.7 Å². The molecule has 2 aromatic rings. The summed E-state index contributed by atoms with van der Waals surface area (Å²) in [5.74, 6) is 0.734. The molecular weight excluding hydrogens is 252 g/mol. The van der Waals surface area contributed by atoms with Gasteiger partial charge in [-0.1, -0.05) is 35.5 Å². The maximum Gasteiger partial charge on any atom is 0.143 e. The smallest absolute Gasteiger partial charge is 0.143 e. The first kappa shape index (κ1) is 13.6. The molecule has 0 saturated heterocycles. The molecule has 0 bridgehead atoms. The van der Waals surface area contributed by atoms with Gasteiger partial charge in [-0.2, -0.15) is 5.26 Å². The number of oxime groups is 1. The lowest BCUT2D eigenvalue weighted by Gasteiger charge is -2.04. The van der Waals surface area contributed by atoms with Gasteiger partial charge in [0.25, 0.3) is 0 Å². The van der Waals surface area contributed by atoms with Gasteiger partial charge in [-0.25, -0.2) is 0 Å². The Balaban J connectivity index is 1.99. The molecular formula is C16H14N2O2. The molecule has 0 heterocycles. The Morgan fingerprint density at radius 3 is 2.70 bits per heavy atom. The Labute approximate surface area is 117 Å². The van der Waals surface area contributed by atoms with E-state index in [0.717, 1.165) is 16.9 Å². The molecule has 20 heavy (non-hydrogen) atoms. The predicted octanol–water partition coefficient (Wildman–Crippen LogP) is 3.12. The van der Waals surface area contributed by atoms with Crippen LogP contribution in [0.3, 0.4) is 0 Å². The van der Waals surface area contributed by atoms with E-state index >= 15 is 0 Å². The third-order valence-corrected chi connectivity index (χ3v) is 2.76. The van der Waals surface area contributed by atoms with Crippen molar-refractivity contribution in [2.24, 2.45) is 5.16 Å². The molecule has 0 saturated carbocycles. The van der Waals surface area contributed by atoms with Gasteiger partial charge in [0.05, 0.1) is 25.0 Å². The second-order valence-corrected chi connectivity index (χ2v) is 4.02. The lowest BCUT2D eigenvalue weighted by Crippen LogP contribution is -1.93. The van der Waals surface area contributed by atoms with Crippen LogP contribution in [0.25, 0.3) is 0 Å². The summed E-state index contributed by atoms with van der Waals surface area (Å²) in [6.45, 7) is 0.259. The van der Waals surface area contributed by atoms with Gasteiger partial charge in [-0.05, 0) is 18.2 Å². The van der Waals surface area contributed by atoms with Crippen molar-refractivity contribution in [3.8, 4) is 11.8 Å². The van der Waals surface area contributed by atoms with Crippen LogP contribution >= 0.6 is 0 Å². The summed E-state index contributed by atoms with van der Waals surface area (Å²) in [6, 6.07) is 16.9. The van der Waals surface area contributed by atoms with Gasteiger partial charge in [0, 0.05) is 11.1 Å². The van der Waals surface area contributed by atoms with Gasteiger partial charge in [-0.3, -0.25) is 0 Å². The van der Waals surface area contributed by atoms with Gasteiger partial charge in [0.15, 0.2) is 0 Å². The second kappa shape index (κ2) is 6.95. The molecule has 0 aliphatic heterocycles. The van der Waals surface area contributed by atoms with E-state index in [0.29, 0.717) is 5.56 Å². The van der Waals surface area contributed by atoms with Crippen LogP contribution < -0.4 is 4.74 Å². The maximum absolute atomic E-state index is 8.96. The first-order valence-electron chi connectivity index (χ1n) is 6.11. The number of ether oxygens (including phenoxy) is 1. The molecule has 4 nitrogen and oxygen atoms in total. The van der Waals surface area contributed by atoms with E-state index in [4.69, 9.17) is 14.8 Å². The molecule has 0 radical (unpaired) electrons. The Morgan fingerprint density at radius 2 is 1.90 bits per heavy atom. The first-order chi connectivity index (χ1) is 9.85. The van der Waals surface area contributed by atoms with Gasteiger partial charge in [0.1, 0.15) is 12.4 Å². The molecule has 0 amide bonds. The summed E-state index contributed by atoms with van der Waals surface area (Å²) in [6.07, 6.45) is 1.59. The van der Waals surface area contributed by atoms with Crippen molar-refractivity contribution in [3.05, 3.63) is 65.2 Å². The molecule has 0 aromatic heterocycles. The Hall–Kier alpha value is -2.80. The molecule has 0 unspecified atom stereocenters. The topological polar surface area (TPSA) is 54.6 Å². The average Bonchev–Trinajstić information content (AvgIpc) is 2.52. The summed E-state index contributed by atoms with van der Waals surface area (Å²) >= 11 is 0. The molecule has 0 aliphatic rings. The van der Waals surface area contributed by atoms with E-state index in [9.17, 15) is 0 Å². The first-order valence-corrected chi connectivity index (χ1v) is 6.11. The lowest BCUT2D eigenvalue weighted by atomic mass is 10.1. The van der Waals surface area contributed by atoms with Crippen LogP contribution in [0.15, 0.2) is 53.7 Å². The number of benzene rings is 2. The van der Waals surface area contributed by atoms with Crippen molar-refractivity contribution in [2.75, 3.05) is 7.11 Å². The van der Waals surface area contributed by atoms with Crippen molar-refractivity contribution >= 4 is 6.21 Å². The van der Waals surface area contributed by atoms with Gasteiger partial charge in [0.2, 0.25) is 0 Å². The number of hydrogen-bond acceptors (Lipinski definition) is 4. The van der Waals surface area contributed by atoms with Gasteiger partial charge < -0.3 is 9.57 Å². The maximum atomic E-state index is 8.96. The van der Waals surface area contributed by atoms with Crippen molar-refractivity contribution < 1.29 is 9.57 Å². The van der Waals surface area contributed by atoms with Crippen LogP contribution in [0.4, 0.5) is 0 Å². The fraction of sp³-hybridized carbons (Fsp3) is 0.125. The third kappa shape index (κ3) is 3.36. The van der Waals surface area contributed by atoms with E-state index in [-0.39, 0.29) is 6.61 Å². The summed E-state index contributed by atoms with van der Waals surface area (Å²) < 4.78 is 5.21.